The highest BCUT2D eigenvalue weighted by Gasteiger charge is 2.29. The van der Waals surface area contributed by atoms with E-state index in [4.69, 9.17) is 4.42 Å². The van der Waals surface area contributed by atoms with Crippen molar-refractivity contribution in [3.63, 3.8) is 0 Å². The van der Waals surface area contributed by atoms with E-state index in [2.05, 4.69) is 10.1 Å². The molecule has 0 bridgehead atoms. The van der Waals surface area contributed by atoms with Crippen molar-refractivity contribution in [1.82, 2.24) is 24.2 Å². The molecule has 0 fully saturated rings. The Labute approximate surface area is 135 Å². The van der Waals surface area contributed by atoms with E-state index >= 15 is 0 Å². The average molecular weight is 341 g/mol. The first-order valence-corrected chi connectivity index (χ1v) is 7.61. The largest absolute Gasteiger partial charge is 0.435 e. The van der Waals surface area contributed by atoms with Crippen LogP contribution in [0, 0.1) is 6.92 Å². The van der Waals surface area contributed by atoms with Gasteiger partial charge in [0.25, 0.3) is 12.3 Å². The van der Waals surface area contributed by atoms with Crippen LogP contribution in [0.15, 0.2) is 9.21 Å². The molecule has 130 valence electrons. The molecular weight excluding hydrogens is 324 g/mol. The maximum atomic E-state index is 12.6. The van der Waals surface area contributed by atoms with Gasteiger partial charge in [-0.1, -0.05) is 6.92 Å². The summed E-state index contributed by atoms with van der Waals surface area (Å²) in [7, 11) is 0. The molecule has 0 saturated heterocycles. The van der Waals surface area contributed by atoms with Gasteiger partial charge in [0.15, 0.2) is 11.7 Å². The number of halogens is 2. The van der Waals surface area contributed by atoms with E-state index < -0.39 is 18.7 Å². The summed E-state index contributed by atoms with van der Waals surface area (Å²) >= 11 is 0. The maximum Gasteiger partial charge on any atom is 0.346 e. The Morgan fingerprint density at radius 3 is 2.75 bits per heavy atom. The number of aromatic nitrogens is 4. The number of amides is 1. The molecule has 1 aliphatic heterocycles. The van der Waals surface area contributed by atoms with Gasteiger partial charge in [-0.2, -0.15) is 5.10 Å². The number of hydrogen-bond acceptors (Lipinski definition) is 5. The van der Waals surface area contributed by atoms with Gasteiger partial charge in [0.1, 0.15) is 6.54 Å². The fourth-order valence-electron chi connectivity index (χ4n) is 2.67. The molecule has 0 N–H and O–H groups in total. The van der Waals surface area contributed by atoms with Crippen molar-refractivity contribution in [2.75, 3.05) is 6.54 Å². The Morgan fingerprint density at radius 1 is 1.38 bits per heavy atom. The second kappa shape index (κ2) is 6.17. The zero-order valence-corrected chi connectivity index (χ0v) is 13.3. The minimum Gasteiger partial charge on any atom is -0.435 e. The lowest BCUT2D eigenvalue weighted by atomic mass is 10.3. The first-order valence-electron chi connectivity index (χ1n) is 7.61. The van der Waals surface area contributed by atoms with E-state index in [9.17, 15) is 18.4 Å². The SMILES string of the molecule is CCc1nc(C)c(C(=O)N2CCn3c(nn(CC(F)F)c3=O)C2)o1. The van der Waals surface area contributed by atoms with Crippen molar-refractivity contribution in [2.45, 2.75) is 46.3 Å². The molecule has 3 heterocycles. The molecule has 1 aliphatic rings. The van der Waals surface area contributed by atoms with Crippen LogP contribution in [0.3, 0.4) is 0 Å². The van der Waals surface area contributed by atoms with Crippen LogP contribution in [0.5, 0.6) is 0 Å². The number of fused-ring (bicyclic) bond motifs is 1. The molecule has 2 aromatic heterocycles. The first-order chi connectivity index (χ1) is 11.4. The van der Waals surface area contributed by atoms with Gasteiger partial charge in [0.05, 0.1) is 12.2 Å². The molecule has 0 radical (unpaired) electrons. The fraction of sp³-hybridized carbons (Fsp3) is 0.571. The van der Waals surface area contributed by atoms with Crippen molar-refractivity contribution in [1.29, 1.82) is 0 Å². The van der Waals surface area contributed by atoms with E-state index in [1.165, 1.54) is 9.47 Å². The van der Waals surface area contributed by atoms with Crippen molar-refractivity contribution < 1.29 is 18.0 Å². The average Bonchev–Trinajstić information content (AvgIpc) is 3.06. The van der Waals surface area contributed by atoms with Gasteiger partial charge in [0, 0.05) is 19.5 Å². The minimum atomic E-state index is -2.67. The van der Waals surface area contributed by atoms with Crippen molar-refractivity contribution >= 4 is 5.91 Å². The summed E-state index contributed by atoms with van der Waals surface area (Å²) in [4.78, 5) is 30.2. The Hall–Kier alpha value is -2.52. The summed E-state index contributed by atoms with van der Waals surface area (Å²) in [6, 6.07) is 0. The second-order valence-corrected chi connectivity index (χ2v) is 5.53. The molecule has 2 aromatic rings. The number of rotatable bonds is 4. The Kier molecular flexibility index (Phi) is 4.20. The number of oxazole rings is 1. The van der Waals surface area contributed by atoms with Crippen molar-refractivity contribution in [3.8, 4) is 0 Å². The lowest BCUT2D eigenvalue weighted by Gasteiger charge is -2.25. The van der Waals surface area contributed by atoms with E-state index in [0.29, 0.717) is 18.0 Å². The fourth-order valence-corrected chi connectivity index (χ4v) is 2.67. The van der Waals surface area contributed by atoms with E-state index in [-0.39, 0.29) is 37.1 Å². The van der Waals surface area contributed by atoms with Crippen LogP contribution in [-0.2, 0) is 26.1 Å². The predicted molar refractivity (Wildman–Crippen MR) is 77.8 cm³/mol. The second-order valence-electron chi connectivity index (χ2n) is 5.53. The predicted octanol–water partition coefficient (Wildman–Crippen LogP) is 0.825. The highest BCUT2D eigenvalue weighted by atomic mass is 19.3. The van der Waals surface area contributed by atoms with Gasteiger partial charge in [0.2, 0.25) is 5.76 Å². The molecule has 1 amide bonds. The summed E-state index contributed by atoms with van der Waals surface area (Å²) in [5, 5.41) is 3.91. The van der Waals surface area contributed by atoms with E-state index in [1.807, 2.05) is 6.92 Å². The van der Waals surface area contributed by atoms with Crippen LogP contribution in [0.25, 0.3) is 0 Å². The van der Waals surface area contributed by atoms with Gasteiger partial charge in [-0.25, -0.2) is 23.2 Å². The van der Waals surface area contributed by atoms with Crippen LogP contribution in [0.2, 0.25) is 0 Å². The summed E-state index contributed by atoms with van der Waals surface area (Å²) in [6.45, 7) is 3.34. The van der Waals surface area contributed by atoms with Crippen LogP contribution in [-0.4, -0.2) is 43.1 Å². The quantitative estimate of drug-likeness (QED) is 0.822. The lowest BCUT2D eigenvalue weighted by molar-refractivity contribution is 0.0671. The number of nitrogens with zero attached hydrogens (tertiary/aromatic N) is 5. The molecule has 0 aromatic carbocycles. The summed E-state index contributed by atoms with van der Waals surface area (Å²) < 4.78 is 32.5. The van der Waals surface area contributed by atoms with Gasteiger partial charge in [-0.05, 0) is 6.92 Å². The molecule has 24 heavy (non-hydrogen) atoms. The van der Waals surface area contributed by atoms with E-state index in [1.54, 1.807) is 6.92 Å². The zero-order valence-electron chi connectivity index (χ0n) is 13.3. The number of hydrogen-bond donors (Lipinski definition) is 0. The monoisotopic (exact) mass is 341 g/mol. The topological polar surface area (TPSA) is 86.2 Å². The molecule has 8 nitrogen and oxygen atoms in total. The minimum absolute atomic E-state index is 0.0614. The molecular formula is C14H17F2N5O3. The summed E-state index contributed by atoms with van der Waals surface area (Å²) in [6.07, 6.45) is -2.09. The first kappa shape index (κ1) is 16.3. The molecule has 0 unspecified atom stereocenters. The third-order valence-corrected chi connectivity index (χ3v) is 3.86. The van der Waals surface area contributed by atoms with Crippen molar-refractivity contribution in [3.05, 3.63) is 33.7 Å². The Morgan fingerprint density at radius 2 is 2.12 bits per heavy atom. The zero-order chi connectivity index (χ0) is 17.4. The van der Waals surface area contributed by atoms with Gasteiger partial charge in [-0.15, -0.1) is 0 Å². The van der Waals surface area contributed by atoms with Gasteiger partial charge in [-0.3, -0.25) is 9.36 Å². The molecule has 10 heteroatoms. The number of aryl methyl sites for hydroxylation is 2. The smallest absolute Gasteiger partial charge is 0.346 e. The third kappa shape index (κ3) is 2.83. The highest BCUT2D eigenvalue weighted by molar-refractivity contribution is 5.92. The van der Waals surface area contributed by atoms with Crippen LogP contribution in [0.4, 0.5) is 8.78 Å². The Balaban J connectivity index is 1.83. The van der Waals surface area contributed by atoms with E-state index in [0.717, 1.165) is 4.68 Å². The van der Waals surface area contributed by atoms with Crippen LogP contribution >= 0.6 is 0 Å². The molecule has 0 atom stereocenters. The Bertz CT molecular complexity index is 823. The number of alkyl halides is 2. The van der Waals surface area contributed by atoms with Gasteiger partial charge >= 0.3 is 5.69 Å². The van der Waals surface area contributed by atoms with Crippen molar-refractivity contribution in [2.24, 2.45) is 0 Å². The molecule has 0 aliphatic carbocycles. The van der Waals surface area contributed by atoms with Crippen LogP contribution in [0.1, 0.15) is 34.9 Å². The molecule has 3 rings (SSSR count). The third-order valence-electron chi connectivity index (χ3n) is 3.86. The summed E-state index contributed by atoms with van der Waals surface area (Å²) in [5.74, 6) is 0.579. The lowest BCUT2D eigenvalue weighted by Crippen LogP contribution is -2.41. The molecule has 0 saturated carbocycles. The number of carbonyl (C=O) groups excluding carboxylic acids is 1. The highest BCUT2D eigenvalue weighted by Crippen LogP contribution is 2.17. The maximum absolute atomic E-state index is 12.6. The summed E-state index contributed by atoms with van der Waals surface area (Å²) in [5.41, 5.74) is -0.0791. The van der Waals surface area contributed by atoms with Crippen LogP contribution < -0.4 is 5.69 Å². The number of carbonyl (C=O) groups is 1. The molecule has 0 spiro atoms. The van der Waals surface area contributed by atoms with Gasteiger partial charge < -0.3 is 9.32 Å². The standard InChI is InChI=1S/C14H17F2N5O3/c1-3-11-17-8(2)12(24-11)13(22)19-4-5-20-10(7-19)18-21(14(20)23)6-9(15)16/h9H,3-7H2,1-2H3. The normalized spacial score (nSPS) is 14.3.